The standard InChI is InChI=1S/C27H37ClN2O6/c1-13(2)16-10-9-15(4)27(34)18(16)11-14(3)22(31)23(27)35-24(32)20-12-26(33)17-7-6-8-19(28)21(17)30(5)36-25(26)29-20/h6-8,11,13,15-16,18,20,22-23,25,29,31,33-34H,9-10,12H2,1-5H3/t15?,16-,18+,20-,22?,23-,25+,26+,27+/m0/s1. The molecule has 2 aliphatic heterocycles. The Morgan fingerprint density at radius 3 is 2.72 bits per heavy atom. The summed E-state index contributed by atoms with van der Waals surface area (Å²) in [7, 11) is 1.69. The lowest BCUT2D eigenvalue weighted by Gasteiger charge is -2.55. The number of hydrogen-bond acceptors (Lipinski definition) is 8. The van der Waals surface area contributed by atoms with Gasteiger partial charge in [0.2, 0.25) is 0 Å². The minimum Gasteiger partial charge on any atom is -0.455 e. The van der Waals surface area contributed by atoms with Crippen LogP contribution in [0.25, 0.3) is 0 Å². The first-order valence-electron chi connectivity index (χ1n) is 12.9. The number of carbonyl (C=O) groups is 1. The second kappa shape index (κ2) is 8.96. The van der Waals surface area contributed by atoms with Crippen molar-refractivity contribution in [1.82, 2.24) is 5.32 Å². The number of hydrogen-bond donors (Lipinski definition) is 4. The Labute approximate surface area is 217 Å². The summed E-state index contributed by atoms with van der Waals surface area (Å²) in [5.74, 6) is -0.481. The number of esters is 1. The number of fused-ring (bicyclic) bond motifs is 4. The molecule has 36 heavy (non-hydrogen) atoms. The number of aliphatic hydroxyl groups is 3. The summed E-state index contributed by atoms with van der Waals surface area (Å²) in [6, 6.07) is 4.33. The Morgan fingerprint density at radius 1 is 1.31 bits per heavy atom. The molecule has 1 saturated carbocycles. The van der Waals surface area contributed by atoms with Crippen LogP contribution in [0.5, 0.6) is 0 Å². The van der Waals surface area contributed by atoms with Crippen molar-refractivity contribution in [2.45, 2.75) is 82.6 Å². The Hall–Kier alpha value is -1.68. The molecule has 0 radical (unpaired) electrons. The van der Waals surface area contributed by atoms with Gasteiger partial charge in [0, 0.05) is 24.9 Å². The highest BCUT2D eigenvalue weighted by Crippen LogP contribution is 2.52. The maximum absolute atomic E-state index is 13.5. The fourth-order valence-electron chi connectivity index (χ4n) is 6.95. The van der Waals surface area contributed by atoms with Gasteiger partial charge in [0.15, 0.2) is 12.3 Å². The van der Waals surface area contributed by atoms with E-state index in [0.29, 0.717) is 27.8 Å². The van der Waals surface area contributed by atoms with Gasteiger partial charge in [-0.05, 0) is 49.2 Å². The van der Waals surface area contributed by atoms with Crippen molar-refractivity contribution in [2.24, 2.45) is 23.7 Å². The van der Waals surface area contributed by atoms with Gasteiger partial charge < -0.3 is 20.1 Å². The molecule has 0 amide bonds. The van der Waals surface area contributed by atoms with E-state index >= 15 is 0 Å². The van der Waals surface area contributed by atoms with Crippen molar-refractivity contribution in [2.75, 3.05) is 12.1 Å². The molecule has 2 heterocycles. The molecule has 0 spiro atoms. The molecule has 2 aliphatic carbocycles. The smallest absolute Gasteiger partial charge is 0.323 e. The van der Waals surface area contributed by atoms with Crippen molar-refractivity contribution in [3.63, 3.8) is 0 Å². The molecule has 1 aromatic carbocycles. The Kier molecular flexibility index (Phi) is 6.46. The molecule has 4 aliphatic rings. The highest BCUT2D eigenvalue weighted by Gasteiger charge is 2.61. The molecule has 0 bridgehead atoms. The average molecular weight is 521 g/mol. The predicted molar refractivity (Wildman–Crippen MR) is 135 cm³/mol. The van der Waals surface area contributed by atoms with Gasteiger partial charge in [-0.15, -0.1) is 0 Å². The van der Waals surface area contributed by atoms with Crippen LogP contribution < -0.4 is 10.4 Å². The number of aliphatic hydroxyl groups excluding tert-OH is 1. The summed E-state index contributed by atoms with van der Waals surface area (Å²) in [5.41, 5.74) is -1.08. The van der Waals surface area contributed by atoms with Crippen molar-refractivity contribution in [1.29, 1.82) is 0 Å². The van der Waals surface area contributed by atoms with Crippen LogP contribution in [-0.2, 0) is 20.0 Å². The Morgan fingerprint density at radius 2 is 2.03 bits per heavy atom. The average Bonchev–Trinajstić information content (AvgIpc) is 3.16. The van der Waals surface area contributed by atoms with Crippen LogP contribution in [0.15, 0.2) is 29.8 Å². The Bertz CT molecular complexity index is 1080. The fourth-order valence-corrected chi connectivity index (χ4v) is 7.25. The number of ether oxygens (including phenoxy) is 1. The molecule has 5 rings (SSSR count). The summed E-state index contributed by atoms with van der Waals surface area (Å²) < 4.78 is 5.97. The van der Waals surface area contributed by atoms with E-state index in [2.05, 4.69) is 19.2 Å². The lowest BCUT2D eigenvalue weighted by molar-refractivity contribution is -0.220. The molecule has 2 unspecified atom stereocenters. The van der Waals surface area contributed by atoms with E-state index in [1.165, 1.54) is 5.06 Å². The van der Waals surface area contributed by atoms with Gasteiger partial charge in [-0.25, -0.2) is 0 Å². The first kappa shape index (κ1) is 25.9. The summed E-state index contributed by atoms with van der Waals surface area (Å²) in [4.78, 5) is 19.4. The molecule has 2 fully saturated rings. The zero-order valence-corrected chi connectivity index (χ0v) is 22.2. The number of nitrogens with one attached hydrogen (secondary N) is 1. The zero-order chi connectivity index (χ0) is 26.2. The lowest BCUT2D eigenvalue weighted by Crippen LogP contribution is -2.65. The minimum atomic E-state index is -1.50. The van der Waals surface area contributed by atoms with Crippen LogP contribution >= 0.6 is 11.6 Å². The number of carbonyl (C=O) groups excluding carboxylic acids is 1. The highest BCUT2D eigenvalue weighted by molar-refractivity contribution is 6.33. The van der Waals surface area contributed by atoms with Crippen LogP contribution in [0.2, 0.25) is 5.02 Å². The third kappa shape index (κ3) is 3.72. The summed E-state index contributed by atoms with van der Waals surface area (Å²) in [6.45, 7) is 8.06. The van der Waals surface area contributed by atoms with Crippen LogP contribution in [0.3, 0.4) is 0 Å². The van der Waals surface area contributed by atoms with Crippen LogP contribution in [0.4, 0.5) is 5.69 Å². The van der Waals surface area contributed by atoms with E-state index in [1.807, 2.05) is 19.9 Å². The van der Waals surface area contributed by atoms with Gasteiger partial charge in [-0.3, -0.25) is 20.0 Å². The lowest BCUT2D eigenvalue weighted by atomic mass is 9.56. The molecule has 1 aromatic rings. The van der Waals surface area contributed by atoms with E-state index < -0.39 is 41.6 Å². The number of anilines is 1. The first-order valence-corrected chi connectivity index (χ1v) is 13.2. The first-order chi connectivity index (χ1) is 16.9. The van der Waals surface area contributed by atoms with E-state index in [4.69, 9.17) is 21.2 Å². The normalized spacial score (nSPS) is 41.9. The van der Waals surface area contributed by atoms with E-state index in [-0.39, 0.29) is 24.2 Å². The number of rotatable bonds is 3. The topological polar surface area (TPSA) is 111 Å². The Balaban J connectivity index is 1.42. The van der Waals surface area contributed by atoms with E-state index in [1.54, 1.807) is 25.2 Å². The van der Waals surface area contributed by atoms with Gasteiger partial charge in [0.05, 0.1) is 10.7 Å². The molecule has 0 aromatic heterocycles. The molecule has 8 nitrogen and oxygen atoms in total. The molecule has 9 atom stereocenters. The van der Waals surface area contributed by atoms with Crippen LogP contribution in [0, 0.1) is 23.7 Å². The molecule has 1 saturated heterocycles. The molecule has 4 N–H and O–H groups in total. The van der Waals surface area contributed by atoms with Crippen molar-refractivity contribution in [3.05, 3.63) is 40.4 Å². The van der Waals surface area contributed by atoms with Crippen molar-refractivity contribution in [3.8, 4) is 0 Å². The monoisotopic (exact) mass is 520 g/mol. The van der Waals surface area contributed by atoms with E-state index in [0.717, 1.165) is 12.8 Å². The van der Waals surface area contributed by atoms with Gasteiger partial charge in [0.1, 0.15) is 23.3 Å². The predicted octanol–water partition coefficient (Wildman–Crippen LogP) is 2.88. The van der Waals surface area contributed by atoms with Gasteiger partial charge in [-0.2, -0.15) is 0 Å². The van der Waals surface area contributed by atoms with Gasteiger partial charge in [0.25, 0.3) is 0 Å². The molecule has 9 heteroatoms. The number of para-hydroxylation sites is 1. The zero-order valence-electron chi connectivity index (χ0n) is 21.4. The quantitative estimate of drug-likeness (QED) is 0.355. The van der Waals surface area contributed by atoms with Gasteiger partial charge >= 0.3 is 5.97 Å². The number of benzene rings is 1. The van der Waals surface area contributed by atoms with E-state index in [9.17, 15) is 20.1 Å². The highest BCUT2D eigenvalue weighted by atomic mass is 35.5. The second-order valence-electron chi connectivity index (χ2n) is 11.5. The van der Waals surface area contributed by atoms with Crippen LogP contribution in [-0.4, -0.2) is 58.4 Å². The maximum Gasteiger partial charge on any atom is 0.323 e. The second-order valence-corrected chi connectivity index (χ2v) is 11.9. The molecule has 198 valence electrons. The number of nitrogens with zero attached hydrogens (tertiary/aromatic N) is 1. The number of hydroxylamine groups is 1. The maximum atomic E-state index is 13.5. The van der Waals surface area contributed by atoms with Crippen molar-refractivity contribution >= 4 is 23.3 Å². The number of halogens is 1. The third-order valence-corrected chi connectivity index (χ3v) is 9.39. The summed E-state index contributed by atoms with van der Waals surface area (Å²) >= 11 is 6.37. The molecular formula is C27H37ClN2O6. The largest absolute Gasteiger partial charge is 0.455 e. The summed E-state index contributed by atoms with van der Waals surface area (Å²) in [6.07, 6.45) is 0.617. The summed E-state index contributed by atoms with van der Waals surface area (Å²) in [5, 5.41) is 39.8. The minimum absolute atomic E-state index is 0.00134. The van der Waals surface area contributed by atoms with Crippen LogP contribution in [0.1, 0.15) is 52.5 Å². The van der Waals surface area contributed by atoms with Gasteiger partial charge in [-0.1, -0.05) is 50.6 Å². The SMILES string of the molecule is CC1=C[C@@H]2[C@H](C(C)C)CCC(C)[C@]2(O)[C@@H](OC(=O)[C@@H]2C[C@@]3(O)c4cccc(Cl)c4N(C)O[C@H]3N2)C1O. The third-order valence-electron chi connectivity index (χ3n) is 9.09. The van der Waals surface area contributed by atoms with Crippen molar-refractivity contribution < 1.29 is 29.7 Å². The fraction of sp³-hybridized carbons (Fsp3) is 0.667. The molecular weight excluding hydrogens is 484 g/mol.